The zero-order valence-electron chi connectivity index (χ0n) is 18.1. The summed E-state index contributed by atoms with van der Waals surface area (Å²) in [5.74, 6) is 3.48. The number of guanidine groups is 1. The molecular formula is C21H32FN7S. The third kappa shape index (κ3) is 6.35. The van der Waals surface area contributed by atoms with E-state index in [2.05, 4.69) is 32.0 Å². The molecule has 30 heavy (non-hydrogen) atoms. The zero-order chi connectivity index (χ0) is 21.3. The summed E-state index contributed by atoms with van der Waals surface area (Å²) >= 11 is 1.85. The van der Waals surface area contributed by atoms with Crippen molar-refractivity contribution in [2.24, 2.45) is 12.0 Å². The molecule has 0 amide bonds. The first kappa shape index (κ1) is 22.4. The van der Waals surface area contributed by atoms with Gasteiger partial charge in [-0.15, -0.1) is 10.2 Å². The van der Waals surface area contributed by atoms with E-state index in [1.807, 2.05) is 36.4 Å². The third-order valence-corrected chi connectivity index (χ3v) is 6.09. The van der Waals surface area contributed by atoms with Crippen molar-refractivity contribution in [3.8, 4) is 0 Å². The number of anilines is 1. The van der Waals surface area contributed by atoms with Gasteiger partial charge in [0.15, 0.2) is 11.8 Å². The van der Waals surface area contributed by atoms with Crippen LogP contribution in [-0.2, 0) is 13.6 Å². The lowest BCUT2D eigenvalue weighted by Crippen LogP contribution is -2.49. The molecule has 3 rings (SSSR count). The fourth-order valence-corrected chi connectivity index (χ4v) is 3.90. The van der Waals surface area contributed by atoms with Gasteiger partial charge in [0, 0.05) is 38.4 Å². The lowest BCUT2D eigenvalue weighted by Gasteiger charge is -2.34. The molecule has 1 aliphatic heterocycles. The molecule has 164 valence electrons. The van der Waals surface area contributed by atoms with Crippen molar-refractivity contribution in [1.82, 2.24) is 25.4 Å². The van der Waals surface area contributed by atoms with Crippen LogP contribution in [0.4, 0.5) is 10.1 Å². The average molecular weight is 434 g/mol. The van der Waals surface area contributed by atoms with Gasteiger partial charge in [0.2, 0.25) is 0 Å². The van der Waals surface area contributed by atoms with Crippen molar-refractivity contribution in [2.75, 3.05) is 36.5 Å². The van der Waals surface area contributed by atoms with E-state index in [4.69, 9.17) is 4.99 Å². The second-order valence-electron chi connectivity index (χ2n) is 7.55. The summed E-state index contributed by atoms with van der Waals surface area (Å²) in [5, 5.41) is 15.4. The molecule has 9 heteroatoms. The first-order valence-corrected chi connectivity index (χ1v) is 11.9. The Morgan fingerprint density at radius 3 is 2.77 bits per heavy atom. The molecule has 0 bridgehead atoms. The van der Waals surface area contributed by atoms with Crippen molar-refractivity contribution in [2.45, 2.75) is 38.8 Å². The predicted octanol–water partition coefficient (Wildman–Crippen LogP) is 2.72. The predicted molar refractivity (Wildman–Crippen MR) is 123 cm³/mol. The Bertz CT molecular complexity index is 831. The first-order valence-electron chi connectivity index (χ1n) is 10.5. The minimum Gasteiger partial charge on any atom is -0.371 e. The molecule has 1 aromatic carbocycles. The van der Waals surface area contributed by atoms with Crippen molar-refractivity contribution in [1.29, 1.82) is 0 Å². The molecule has 7 nitrogen and oxygen atoms in total. The number of halogens is 1. The molecule has 0 radical (unpaired) electrons. The average Bonchev–Trinajstić information content (AvgIpc) is 3.07. The van der Waals surface area contributed by atoms with Crippen molar-refractivity contribution < 1.29 is 4.39 Å². The zero-order valence-corrected chi connectivity index (χ0v) is 18.9. The molecule has 2 aromatic rings. The quantitative estimate of drug-likeness (QED) is 0.379. The van der Waals surface area contributed by atoms with Crippen LogP contribution < -0.4 is 15.5 Å². The molecule has 0 atom stereocenters. The van der Waals surface area contributed by atoms with Crippen LogP contribution in [0.1, 0.15) is 30.9 Å². The van der Waals surface area contributed by atoms with Crippen LogP contribution in [0.3, 0.4) is 0 Å². The van der Waals surface area contributed by atoms with E-state index in [-0.39, 0.29) is 5.82 Å². The molecule has 1 aliphatic rings. The number of piperidine rings is 1. The maximum Gasteiger partial charge on any atom is 0.191 e. The minimum absolute atomic E-state index is 0.185. The number of rotatable bonds is 8. The Hall–Kier alpha value is -2.29. The number of hydrogen-bond acceptors (Lipinski definition) is 5. The highest BCUT2D eigenvalue weighted by Crippen LogP contribution is 2.20. The van der Waals surface area contributed by atoms with Crippen molar-refractivity contribution in [3.05, 3.63) is 41.7 Å². The van der Waals surface area contributed by atoms with E-state index >= 15 is 0 Å². The summed E-state index contributed by atoms with van der Waals surface area (Å²) < 4.78 is 15.5. The maximum atomic E-state index is 13.5. The number of aryl methyl sites for hydroxylation is 1. The lowest BCUT2D eigenvalue weighted by atomic mass is 10.0. The van der Waals surface area contributed by atoms with E-state index in [9.17, 15) is 4.39 Å². The molecule has 2 heterocycles. The van der Waals surface area contributed by atoms with Gasteiger partial charge in [0.1, 0.15) is 18.2 Å². The normalized spacial score (nSPS) is 15.5. The number of aromatic nitrogens is 3. The molecule has 0 spiro atoms. The number of hydrogen-bond donors (Lipinski definition) is 2. The highest BCUT2D eigenvalue weighted by molar-refractivity contribution is 7.98. The van der Waals surface area contributed by atoms with Crippen molar-refractivity contribution >= 4 is 23.4 Å². The van der Waals surface area contributed by atoms with E-state index < -0.39 is 0 Å². The highest BCUT2D eigenvalue weighted by atomic mass is 32.2. The van der Waals surface area contributed by atoms with Crippen molar-refractivity contribution in [3.63, 3.8) is 0 Å². The number of benzene rings is 1. The van der Waals surface area contributed by atoms with Crippen LogP contribution >= 0.6 is 11.8 Å². The fraction of sp³-hybridized carbons (Fsp3) is 0.571. The van der Waals surface area contributed by atoms with Gasteiger partial charge >= 0.3 is 0 Å². The van der Waals surface area contributed by atoms with Gasteiger partial charge in [-0.1, -0.05) is 6.07 Å². The van der Waals surface area contributed by atoms with E-state index in [1.54, 1.807) is 12.1 Å². The Balaban J connectivity index is 1.57. The summed E-state index contributed by atoms with van der Waals surface area (Å²) in [6.07, 6.45) is 5.16. The monoisotopic (exact) mass is 433 g/mol. The molecule has 0 saturated carbocycles. The van der Waals surface area contributed by atoms with Crippen LogP contribution in [-0.4, -0.2) is 58.4 Å². The topological polar surface area (TPSA) is 70.4 Å². The number of nitrogens with zero attached hydrogens (tertiary/aromatic N) is 5. The second kappa shape index (κ2) is 11.2. The Labute approximate surface area is 182 Å². The smallest absolute Gasteiger partial charge is 0.191 e. The van der Waals surface area contributed by atoms with Gasteiger partial charge < -0.3 is 20.1 Å². The van der Waals surface area contributed by atoms with Gasteiger partial charge in [-0.3, -0.25) is 0 Å². The molecule has 1 fully saturated rings. The maximum absolute atomic E-state index is 13.5. The Morgan fingerprint density at radius 2 is 2.10 bits per heavy atom. The summed E-state index contributed by atoms with van der Waals surface area (Å²) in [4.78, 5) is 6.99. The van der Waals surface area contributed by atoms with Crippen LogP contribution in [0.5, 0.6) is 0 Å². The van der Waals surface area contributed by atoms with E-state index in [0.717, 1.165) is 67.9 Å². The SMILES string of the molecule is CSCCCNC(=NCc1nnc(C)n1C)NC1CCN(c2cccc(F)c2)CC1. The number of aliphatic imine (C=N–C) groups is 1. The summed E-state index contributed by atoms with van der Waals surface area (Å²) in [5.41, 5.74) is 0.954. The van der Waals surface area contributed by atoms with Crippen LogP contribution in [0.15, 0.2) is 29.3 Å². The van der Waals surface area contributed by atoms with E-state index in [1.165, 1.54) is 6.07 Å². The van der Waals surface area contributed by atoms with Gasteiger partial charge in [0.25, 0.3) is 0 Å². The molecule has 1 saturated heterocycles. The molecular weight excluding hydrogens is 401 g/mol. The molecule has 0 aliphatic carbocycles. The lowest BCUT2D eigenvalue weighted by molar-refractivity contribution is 0.460. The summed E-state index contributed by atoms with van der Waals surface area (Å²) in [7, 11) is 1.96. The highest BCUT2D eigenvalue weighted by Gasteiger charge is 2.20. The molecule has 1 aromatic heterocycles. The minimum atomic E-state index is -0.185. The largest absolute Gasteiger partial charge is 0.371 e. The van der Waals surface area contributed by atoms with Gasteiger partial charge in [-0.2, -0.15) is 11.8 Å². The van der Waals surface area contributed by atoms with Gasteiger partial charge in [0.05, 0.1) is 0 Å². The third-order valence-electron chi connectivity index (χ3n) is 5.39. The Morgan fingerprint density at radius 1 is 1.30 bits per heavy atom. The standard InChI is InChI=1S/C21H32FN7S/c1-16-26-27-20(28(16)2)15-24-21(23-10-5-13-30-3)25-18-8-11-29(12-9-18)19-7-4-6-17(22)14-19/h4,6-7,14,18H,5,8-13,15H2,1-3H3,(H2,23,24,25). The van der Waals surface area contributed by atoms with Crippen LogP contribution in [0.25, 0.3) is 0 Å². The molecule has 0 unspecified atom stereocenters. The Kier molecular flexibility index (Phi) is 8.36. The van der Waals surface area contributed by atoms with E-state index in [0.29, 0.717) is 12.6 Å². The van der Waals surface area contributed by atoms with Gasteiger partial charge in [-0.05, 0) is 56.4 Å². The fourth-order valence-electron chi connectivity index (χ4n) is 3.46. The second-order valence-corrected chi connectivity index (χ2v) is 8.53. The number of nitrogens with one attached hydrogen (secondary N) is 2. The summed E-state index contributed by atoms with van der Waals surface area (Å²) in [6, 6.07) is 7.17. The summed E-state index contributed by atoms with van der Waals surface area (Å²) in [6.45, 7) is 5.09. The first-order chi connectivity index (χ1) is 14.6. The van der Waals surface area contributed by atoms with Crippen LogP contribution in [0.2, 0.25) is 0 Å². The van der Waals surface area contributed by atoms with Crippen LogP contribution in [0, 0.1) is 12.7 Å². The molecule has 2 N–H and O–H groups in total. The van der Waals surface area contributed by atoms with Gasteiger partial charge in [-0.25, -0.2) is 9.38 Å². The number of thioether (sulfide) groups is 1.